The minimum atomic E-state index is -1.12. The number of esters is 1. The maximum atomic E-state index is 11.0. The third-order valence-electron chi connectivity index (χ3n) is 1.88. The minimum absolute atomic E-state index is 0.0749. The molecule has 0 rings (SSSR count). The Kier molecular flexibility index (Phi) is 6.16. The van der Waals surface area contributed by atoms with Crippen molar-refractivity contribution < 1.29 is 19.7 Å². The Balaban J connectivity index is 3.88. The van der Waals surface area contributed by atoms with Crippen LogP contribution in [0.4, 0.5) is 0 Å². The van der Waals surface area contributed by atoms with Gasteiger partial charge in [-0.05, 0) is 19.8 Å². The highest BCUT2D eigenvalue weighted by molar-refractivity contribution is 5.86. The SMILES string of the molecule is C=C(C)C(=O)OC(O)C(C)CCCO. The van der Waals surface area contributed by atoms with Gasteiger partial charge in [0.05, 0.1) is 0 Å². The number of aliphatic hydroxyl groups excluding tert-OH is 2. The van der Waals surface area contributed by atoms with E-state index in [4.69, 9.17) is 9.84 Å². The average Bonchev–Trinajstić information content (AvgIpc) is 2.13. The van der Waals surface area contributed by atoms with Crippen molar-refractivity contribution in [2.75, 3.05) is 6.61 Å². The smallest absolute Gasteiger partial charge is 0.335 e. The molecule has 2 N–H and O–H groups in total. The molecule has 0 aromatic carbocycles. The van der Waals surface area contributed by atoms with Crippen molar-refractivity contribution >= 4 is 5.97 Å². The number of hydrogen-bond donors (Lipinski definition) is 2. The number of ether oxygens (including phenoxy) is 1. The van der Waals surface area contributed by atoms with E-state index in [1.54, 1.807) is 6.92 Å². The zero-order valence-electron chi connectivity index (χ0n) is 8.69. The number of hydrogen-bond acceptors (Lipinski definition) is 4. The summed E-state index contributed by atoms with van der Waals surface area (Å²) in [5.74, 6) is -0.765. The Labute approximate surface area is 84.2 Å². The Morgan fingerprint density at radius 2 is 2.14 bits per heavy atom. The van der Waals surface area contributed by atoms with Crippen molar-refractivity contribution in [3.8, 4) is 0 Å². The van der Waals surface area contributed by atoms with Gasteiger partial charge in [-0.1, -0.05) is 13.5 Å². The van der Waals surface area contributed by atoms with Crippen molar-refractivity contribution in [3.63, 3.8) is 0 Å². The fourth-order valence-corrected chi connectivity index (χ4v) is 0.882. The molecule has 4 nitrogen and oxygen atoms in total. The van der Waals surface area contributed by atoms with E-state index in [2.05, 4.69) is 6.58 Å². The molecule has 14 heavy (non-hydrogen) atoms. The van der Waals surface area contributed by atoms with Gasteiger partial charge in [0.15, 0.2) is 0 Å². The van der Waals surface area contributed by atoms with Gasteiger partial charge in [-0.2, -0.15) is 0 Å². The standard InChI is InChI=1S/C10H18O4/c1-7(2)9(12)14-10(13)8(3)5-4-6-11/h8,10-11,13H,1,4-6H2,2-3H3. The molecule has 0 fully saturated rings. The van der Waals surface area contributed by atoms with Crippen molar-refractivity contribution in [1.29, 1.82) is 0 Å². The van der Waals surface area contributed by atoms with Gasteiger partial charge in [0, 0.05) is 18.1 Å². The summed E-state index contributed by atoms with van der Waals surface area (Å²) < 4.78 is 4.71. The van der Waals surface area contributed by atoms with Gasteiger partial charge in [0.1, 0.15) is 0 Å². The van der Waals surface area contributed by atoms with Gasteiger partial charge >= 0.3 is 5.97 Å². The molecule has 0 radical (unpaired) electrons. The average molecular weight is 202 g/mol. The molecule has 0 amide bonds. The lowest BCUT2D eigenvalue weighted by Gasteiger charge is -2.18. The molecule has 4 heteroatoms. The quantitative estimate of drug-likeness (QED) is 0.380. The van der Waals surface area contributed by atoms with Crippen LogP contribution in [0.25, 0.3) is 0 Å². The lowest BCUT2D eigenvalue weighted by molar-refractivity contribution is -0.171. The zero-order valence-corrected chi connectivity index (χ0v) is 8.69. The summed E-state index contributed by atoms with van der Waals surface area (Å²) in [6, 6.07) is 0. The molecular weight excluding hydrogens is 184 g/mol. The largest absolute Gasteiger partial charge is 0.432 e. The van der Waals surface area contributed by atoms with E-state index in [1.807, 2.05) is 0 Å². The van der Waals surface area contributed by atoms with Gasteiger partial charge in [-0.25, -0.2) is 4.79 Å². The summed E-state index contributed by atoms with van der Waals surface area (Å²) >= 11 is 0. The highest BCUT2D eigenvalue weighted by Gasteiger charge is 2.18. The fraction of sp³-hybridized carbons (Fsp3) is 0.700. The van der Waals surface area contributed by atoms with Crippen LogP contribution in [-0.4, -0.2) is 29.1 Å². The second-order valence-corrected chi connectivity index (χ2v) is 3.42. The van der Waals surface area contributed by atoms with E-state index in [1.165, 1.54) is 6.92 Å². The molecule has 2 atom stereocenters. The van der Waals surface area contributed by atoms with E-state index in [9.17, 15) is 9.90 Å². The number of carbonyl (C=O) groups excluding carboxylic acids is 1. The second-order valence-electron chi connectivity index (χ2n) is 3.42. The summed E-state index contributed by atoms with van der Waals surface area (Å²) in [6.07, 6.45) is 0.0787. The van der Waals surface area contributed by atoms with Gasteiger partial charge < -0.3 is 14.9 Å². The van der Waals surface area contributed by atoms with E-state index >= 15 is 0 Å². The van der Waals surface area contributed by atoms with Crippen LogP contribution in [0.5, 0.6) is 0 Å². The van der Waals surface area contributed by atoms with E-state index in [0.717, 1.165) is 0 Å². The molecule has 0 saturated heterocycles. The Hall–Kier alpha value is -0.870. The summed E-state index contributed by atoms with van der Waals surface area (Å²) in [6.45, 7) is 6.76. The number of aliphatic hydroxyl groups is 2. The van der Waals surface area contributed by atoms with Crippen molar-refractivity contribution in [3.05, 3.63) is 12.2 Å². The molecule has 0 bridgehead atoms. The summed E-state index contributed by atoms with van der Waals surface area (Å²) in [4.78, 5) is 11.0. The Bertz CT molecular complexity index is 200. The topological polar surface area (TPSA) is 66.8 Å². The van der Waals surface area contributed by atoms with Crippen LogP contribution in [-0.2, 0) is 9.53 Å². The molecular formula is C10H18O4. The second kappa shape index (κ2) is 6.56. The van der Waals surface area contributed by atoms with E-state index in [-0.39, 0.29) is 18.1 Å². The minimum Gasteiger partial charge on any atom is -0.432 e. The molecule has 0 aromatic rings. The maximum absolute atomic E-state index is 11.0. The molecule has 0 aliphatic carbocycles. The number of rotatable bonds is 6. The first-order valence-corrected chi connectivity index (χ1v) is 4.64. The maximum Gasteiger partial charge on any atom is 0.335 e. The van der Waals surface area contributed by atoms with Crippen LogP contribution in [0.2, 0.25) is 0 Å². The molecule has 2 unspecified atom stereocenters. The lowest BCUT2D eigenvalue weighted by atomic mass is 10.1. The number of carbonyl (C=O) groups is 1. The van der Waals surface area contributed by atoms with Crippen molar-refractivity contribution in [2.24, 2.45) is 5.92 Å². The third kappa shape index (κ3) is 4.99. The lowest BCUT2D eigenvalue weighted by Crippen LogP contribution is -2.25. The van der Waals surface area contributed by atoms with Crippen LogP contribution >= 0.6 is 0 Å². The Morgan fingerprint density at radius 3 is 2.57 bits per heavy atom. The van der Waals surface area contributed by atoms with Crippen LogP contribution < -0.4 is 0 Å². The first-order chi connectivity index (χ1) is 6.49. The highest BCUT2D eigenvalue weighted by atomic mass is 16.6. The molecule has 0 spiro atoms. The first kappa shape index (κ1) is 13.1. The first-order valence-electron chi connectivity index (χ1n) is 4.64. The monoisotopic (exact) mass is 202 g/mol. The van der Waals surface area contributed by atoms with Crippen molar-refractivity contribution in [1.82, 2.24) is 0 Å². The summed E-state index contributed by atoms with van der Waals surface area (Å²) in [5.41, 5.74) is 0.262. The highest BCUT2D eigenvalue weighted by Crippen LogP contribution is 2.12. The fourth-order valence-electron chi connectivity index (χ4n) is 0.882. The summed E-state index contributed by atoms with van der Waals surface area (Å²) in [7, 11) is 0. The molecule has 0 aromatic heterocycles. The normalized spacial score (nSPS) is 14.6. The molecule has 82 valence electrons. The van der Waals surface area contributed by atoms with Gasteiger partial charge in [0.2, 0.25) is 6.29 Å². The zero-order chi connectivity index (χ0) is 11.1. The predicted octanol–water partition coefficient (Wildman–Crippen LogP) is 0.833. The van der Waals surface area contributed by atoms with Crippen LogP contribution in [0.3, 0.4) is 0 Å². The van der Waals surface area contributed by atoms with Gasteiger partial charge in [-0.15, -0.1) is 0 Å². The van der Waals surface area contributed by atoms with Gasteiger partial charge in [0.25, 0.3) is 0 Å². The van der Waals surface area contributed by atoms with Crippen LogP contribution in [0.15, 0.2) is 12.2 Å². The van der Waals surface area contributed by atoms with E-state index < -0.39 is 12.3 Å². The molecule has 0 saturated carbocycles. The van der Waals surface area contributed by atoms with E-state index in [0.29, 0.717) is 12.8 Å². The molecule has 0 aliphatic heterocycles. The molecule has 0 heterocycles. The van der Waals surface area contributed by atoms with Crippen LogP contribution in [0.1, 0.15) is 26.7 Å². The molecule has 0 aliphatic rings. The van der Waals surface area contributed by atoms with Crippen LogP contribution in [0, 0.1) is 5.92 Å². The Morgan fingerprint density at radius 1 is 1.57 bits per heavy atom. The summed E-state index contributed by atoms with van der Waals surface area (Å²) in [5, 5.41) is 18.0. The predicted molar refractivity (Wildman–Crippen MR) is 52.4 cm³/mol. The third-order valence-corrected chi connectivity index (χ3v) is 1.88. The van der Waals surface area contributed by atoms with Crippen molar-refractivity contribution in [2.45, 2.75) is 33.0 Å². The van der Waals surface area contributed by atoms with Gasteiger partial charge in [-0.3, -0.25) is 0 Å².